The Balaban J connectivity index is 2.03. The van der Waals surface area contributed by atoms with E-state index in [1.165, 1.54) is 0 Å². The van der Waals surface area contributed by atoms with Crippen LogP contribution in [0.4, 0.5) is 0 Å². The summed E-state index contributed by atoms with van der Waals surface area (Å²) in [5, 5.41) is 0. The van der Waals surface area contributed by atoms with Gasteiger partial charge in [0.25, 0.3) is 0 Å². The molecular weight excluding hydrogens is 356 g/mol. The zero-order valence-corrected chi connectivity index (χ0v) is 14.7. The van der Waals surface area contributed by atoms with Gasteiger partial charge in [0.2, 0.25) is 10.0 Å². The van der Waals surface area contributed by atoms with Crippen molar-refractivity contribution in [1.29, 1.82) is 0 Å². The Morgan fingerprint density at radius 1 is 1.48 bits per heavy atom. The summed E-state index contributed by atoms with van der Waals surface area (Å²) in [4.78, 5) is 2.56. The van der Waals surface area contributed by atoms with E-state index in [-0.39, 0.29) is 6.10 Å². The molecule has 0 aliphatic carbocycles. The van der Waals surface area contributed by atoms with E-state index in [1.54, 1.807) is 19.1 Å². The fourth-order valence-corrected chi connectivity index (χ4v) is 4.18. The lowest BCUT2D eigenvalue weighted by molar-refractivity contribution is -0.0229. The molecule has 0 saturated carbocycles. The Labute approximate surface area is 134 Å². The van der Waals surface area contributed by atoms with Gasteiger partial charge < -0.3 is 4.74 Å². The Hall–Kier alpha value is -0.470. The molecule has 1 heterocycles. The van der Waals surface area contributed by atoms with E-state index in [1.807, 2.05) is 6.07 Å². The topological polar surface area (TPSA) is 58.6 Å². The minimum atomic E-state index is -3.52. The summed E-state index contributed by atoms with van der Waals surface area (Å²) in [6, 6.07) is 5.24. The van der Waals surface area contributed by atoms with E-state index < -0.39 is 10.0 Å². The molecular formula is C14H21BrN2O3S. The highest BCUT2D eigenvalue weighted by molar-refractivity contribution is 9.10. The maximum absolute atomic E-state index is 12.4. The molecule has 0 radical (unpaired) electrons. The number of benzene rings is 1. The van der Waals surface area contributed by atoms with Crippen LogP contribution in [0.1, 0.15) is 12.5 Å². The predicted molar refractivity (Wildman–Crippen MR) is 85.9 cm³/mol. The van der Waals surface area contributed by atoms with Gasteiger partial charge in [-0.25, -0.2) is 13.1 Å². The molecule has 1 aromatic carbocycles. The summed E-state index contributed by atoms with van der Waals surface area (Å²) < 4.78 is 33.8. The van der Waals surface area contributed by atoms with Crippen molar-refractivity contribution in [2.24, 2.45) is 0 Å². The van der Waals surface area contributed by atoms with Crippen LogP contribution in [0.5, 0.6) is 0 Å². The van der Waals surface area contributed by atoms with Crippen LogP contribution < -0.4 is 4.72 Å². The van der Waals surface area contributed by atoms with Crippen molar-refractivity contribution in [3.8, 4) is 0 Å². The van der Waals surface area contributed by atoms with E-state index in [2.05, 4.69) is 32.5 Å². The van der Waals surface area contributed by atoms with Crippen LogP contribution in [0.25, 0.3) is 0 Å². The first kappa shape index (κ1) is 16.9. The standard InChI is InChI=1S/C14H21BrN2O3S/c1-3-17-6-7-20-13(10-17)9-16-21(18,19)14-8-12(15)5-4-11(14)2/h4-5,8,13,16H,3,6-7,9-10H2,1-2H3. The fourth-order valence-electron chi connectivity index (χ4n) is 2.33. The minimum absolute atomic E-state index is 0.0964. The lowest BCUT2D eigenvalue weighted by atomic mass is 10.2. The fraction of sp³-hybridized carbons (Fsp3) is 0.571. The lowest BCUT2D eigenvalue weighted by Gasteiger charge is -2.32. The SMILES string of the molecule is CCN1CCOC(CNS(=O)(=O)c2cc(Br)ccc2C)C1. The van der Waals surface area contributed by atoms with Crippen LogP contribution in [-0.2, 0) is 14.8 Å². The average molecular weight is 377 g/mol. The second-order valence-corrected chi connectivity index (χ2v) is 7.80. The third kappa shape index (κ3) is 4.50. The minimum Gasteiger partial charge on any atom is -0.374 e. The van der Waals surface area contributed by atoms with E-state index in [0.29, 0.717) is 18.0 Å². The van der Waals surface area contributed by atoms with E-state index in [0.717, 1.165) is 29.7 Å². The Morgan fingerprint density at radius 3 is 2.95 bits per heavy atom. The van der Waals surface area contributed by atoms with Gasteiger partial charge in [0.1, 0.15) is 0 Å². The van der Waals surface area contributed by atoms with Gasteiger partial charge in [-0.15, -0.1) is 0 Å². The van der Waals surface area contributed by atoms with E-state index in [9.17, 15) is 8.42 Å². The molecule has 1 N–H and O–H groups in total. The molecule has 1 aliphatic heterocycles. The van der Waals surface area contributed by atoms with Gasteiger partial charge in [-0.1, -0.05) is 28.9 Å². The predicted octanol–water partition coefficient (Wildman–Crippen LogP) is 1.76. The van der Waals surface area contributed by atoms with Gasteiger partial charge >= 0.3 is 0 Å². The zero-order valence-electron chi connectivity index (χ0n) is 12.3. The molecule has 1 unspecified atom stereocenters. The highest BCUT2D eigenvalue weighted by Gasteiger charge is 2.23. The zero-order chi connectivity index (χ0) is 15.5. The quantitative estimate of drug-likeness (QED) is 0.850. The van der Waals surface area contributed by atoms with Gasteiger partial charge in [-0.3, -0.25) is 4.90 Å². The van der Waals surface area contributed by atoms with Crippen molar-refractivity contribution in [2.75, 3.05) is 32.8 Å². The first-order valence-electron chi connectivity index (χ1n) is 7.02. The van der Waals surface area contributed by atoms with Crippen LogP contribution in [0.3, 0.4) is 0 Å². The van der Waals surface area contributed by atoms with Gasteiger partial charge in [0.15, 0.2) is 0 Å². The van der Waals surface area contributed by atoms with Crippen LogP contribution in [0.15, 0.2) is 27.6 Å². The van der Waals surface area contributed by atoms with Gasteiger partial charge in [-0.05, 0) is 31.2 Å². The van der Waals surface area contributed by atoms with Crippen molar-refractivity contribution >= 4 is 26.0 Å². The van der Waals surface area contributed by atoms with Crippen molar-refractivity contribution in [2.45, 2.75) is 24.8 Å². The molecule has 1 aliphatic rings. The molecule has 0 spiro atoms. The van der Waals surface area contributed by atoms with Crippen molar-refractivity contribution < 1.29 is 13.2 Å². The second kappa shape index (κ2) is 7.19. The Morgan fingerprint density at radius 2 is 2.24 bits per heavy atom. The van der Waals surface area contributed by atoms with Gasteiger partial charge in [-0.2, -0.15) is 0 Å². The smallest absolute Gasteiger partial charge is 0.240 e. The molecule has 0 bridgehead atoms. The number of morpholine rings is 1. The number of sulfonamides is 1. The highest BCUT2D eigenvalue weighted by atomic mass is 79.9. The number of halogens is 1. The molecule has 0 aromatic heterocycles. The molecule has 7 heteroatoms. The maximum atomic E-state index is 12.4. The van der Waals surface area contributed by atoms with E-state index in [4.69, 9.17) is 4.74 Å². The second-order valence-electron chi connectivity index (χ2n) is 5.15. The molecule has 5 nitrogen and oxygen atoms in total. The number of ether oxygens (including phenoxy) is 1. The number of hydrogen-bond acceptors (Lipinski definition) is 4. The summed E-state index contributed by atoms with van der Waals surface area (Å²) >= 11 is 3.31. The number of rotatable bonds is 5. The summed E-state index contributed by atoms with van der Waals surface area (Å²) in [6.07, 6.45) is -0.0964. The largest absolute Gasteiger partial charge is 0.374 e. The molecule has 1 atom stereocenters. The monoisotopic (exact) mass is 376 g/mol. The third-order valence-electron chi connectivity index (χ3n) is 3.61. The van der Waals surface area contributed by atoms with Crippen molar-refractivity contribution in [3.63, 3.8) is 0 Å². The number of hydrogen-bond donors (Lipinski definition) is 1. The van der Waals surface area contributed by atoms with E-state index >= 15 is 0 Å². The van der Waals surface area contributed by atoms with Gasteiger partial charge in [0, 0.05) is 24.1 Å². The first-order chi connectivity index (χ1) is 9.92. The molecule has 0 amide bonds. The normalized spacial score (nSPS) is 20.6. The third-order valence-corrected chi connectivity index (χ3v) is 5.67. The summed E-state index contributed by atoms with van der Waals surface area (Å²) in [6.45, 7) is 7.45. The molecule has 21 heavy (non-hydrogen) atoms. The number of likely N-dealkylation sites (N-methyl/N-ethyl adjacent to an activating group) is 1. The maximum Gasteiger partial charge on any atom is 0.240 e. The summed E-state index contributed by atoms with van der Waals surface area (Å²) in [5.74, 6) is 0. The Bertz CT molecular complexity index is 592. The molecule has 118 valence electrons. The summed E-state index contributed by atoms with van der Waals surface area (Å²) in [5.41, 5.74) is 0.727. The molecule has 1 saturated heterocycles. The average Bonchev–Trinajstić information content (AvgIpc) is 2.48. The lowest BCUT2D eigenvalue weighted by Crippen LogP contribution is -2.47. The number of aryl methyl sites for hydroxylation is 1. The molecule has 1 fully saturated rings. The van der Waals surface area contributed by atoms with Crippen LogP contribution in [0.2, 0.25) is 0 Å². The highest BCUT2D eigenvalue weighted by Crippen LogP contribution is 2.20. The van der Waals surface area contributed by atoms with Crippen LogP contribution >= 0.6 is 15.9 Å². The van der Waals surface area contributed by atoms with Crippen molar-refractivity contribution in [3.05, 3.63) is 28.2 Å². The molecule has 2 rings (SSSR count). The summed E-state index contributed by atoms with van der Waals surface area (Å²) in [7, 11) is -3.52. The number of nitrogens with one attached hydrogen (secondary N) is 1. The number of nitrogens with zero attached hydrogens (tertiary/aromatic N) is 1. The first-order valence-corrected chi connectivity index (χ1v) is 9.29. The van der Waals surface area contributed by atoms with Crippen LogP contribution in [0, 0.1) is 6.92 Å². The van der Waals surface area contributed by atoms with Crippen molar-refractivity contribution in [1.82, 2.24) is 9.62 Å². The molecule has 1 aromatic rings. The van der Waals surface area contributed by atoms with Gasteiger partial charge in [0.05, 0.1) is 17.6 Å². The van der Waals surface area contributed by atoms with Crippen LogP contribution in [-0.4, -0.2) is 52.2 Å². The Kier molecular flexibility index (Phi) is 5.79.